The minimum Gasteiger partial charge on any atom is -0.301 e. The molecule has 0 aliphatic carbocycles. The van der Waals surface area contributed by atoms with E-state index < -0.39 is 0 Å². The third-order valence-electron chi connectivity index (χ3n) is 6.72. The molecule has 6 heteroatoms. The highest BCUT2D eigenvalue weighted by Gasteiger charge is 2.17. The van der Waals surface area contributed by atoms with E-state index in [1.54, 1.807) is 10.6 Å². The third-order valence-corrected chi connectivity index (χ3v) is 6.72. The average molecular weight is 501 g/mol. The number of piperazine rings is 1. The highest BCUT2D eigenvalue weighted by Crippen LogP contribution is 2.11. The van der Waals surface area contributed by atoms with Crippen LogP contribution in [0, 0.1) is 23.7 Å². The lowest BCUT2D eigenvalue weighted by Crippen LogP contribution is -2.47. The van der Waals surface area contributed by atoms with Crippen LogP contribution < -0.4 is 11.2 Å². The van der Waals surface area contributed by atoms with Gasteiger partial charge in [-0.3, -0.25) is 13.9 Å². The number of aromatic nitrogens is 2. The Morgan fingerprint density at radius 1 is 0.639 bits per heavy atom. The molecule has 0 saturated carbocycles. The number of para-hydroxylation sites is 1. The zero-order chi connectivity index (χ0) is 26.8. The maximum absolute atomic E-state index is 12.7. The van der Waals surface area contributed by atoms with Crippen molar-refractivity contribution in [3.8, 4) is 0 Å². The maximum Gasteiger partial charge on any atom is 0.331 e. The van der Waals surface area contributed by atoms with Crippen molar-refractivity contribution in [2.75, 3.05) is 39.3 Å². The summed E-state index contributed by atoms with van der Waals surface area (Å²) in [6.45, 7) is 26.4. The number of rotatable bonds is 10. The van der Waals surface area contributed by atoms with Gasteiger partial charge in [-0.2, -0.15) is 0 Å². The van der Waals surface area contributed by atoms with Gasteiger partial charge in [0.15, 0.2) is 0 Å². The lowest BCUT2D eigenvalue weighted by atomic mass is 10.1. The van der Waals surface area contributed by atoms with Crippen molar-refractivity contribution in [3.63, 3.8) is 0 Å². The van der Waals surface area contributed by atoms with Crippen LogP contribution in [-0.4, -0.2) is 58.2 Å². The molecule has 0 bridgehead atoms. The second-order valence-corrected chi connectivity index (χ2v) is 12.2. The van der Waals surface area contributed by atoms with Crippen molar-refractivity contribution in [3.05, 3.63) is 45.1 Å². The molecule has 204 valence electrons. The Kier molecular flexibility index (Phi) is 12.4. The first-order valence-electron chi connectivity index (χ1n) is 14.2. The van der Waals surface area contributed by atoms with Gasteiger partial charge in [-0.15, -0.1) is 0 Å². The zero-order valence-electron chi connectivity index (χ0n) is 24.3. The number of hydrogen-bond donors (Lipinski definition) is 0. The fraction of sp³-hybridized carbons (Fsp3) is 0.733. The number of hydrogen-bond acceptors (Lipinski definition) is 4. The van der Waals surface area contributed by atoms with E-state index in [0.717, 1.165) is 23.8 Å². The van der Waals surface area contributed by atoms with E-state index in [4.69, 9.17) is 0 Å². The van der Waals surface area contributed by atoms with Gasteiger partial charge < -0.3 is 9.80 Å². The van der Waals surface area contributed by atoms with Gasteiger partial charge in [0, 0.05) is 45.8 Å². The molecule has 1 aromatic heterocycles. The summed E-state index contributed by atoms with van der Waals surface area (Å²) in [6.07, 6.45) is 2.18. The van der Waals surface area contributed by atoms with E-state index in [-0.39, 0.29) is 11.2 Å². The molecule has 0 atom stereocenters. The summed E-state index contributed by atoms with van der Waals surface area (Å²) in [6, 6.07) is 7.38. The second kappa shape index (κ2) is 14.7. The largest absolute Gasteiger partial charge is 0.331 e. The lowest BCUT2D eigenvalue weighted by Gasteiger charge is -2.35. The summed E-state index contributed by atoms with van der Waals surface area (Å²) < 4.78 is 3.13. The third kappa shape index (κ3) is 9.51. The lowest BCUT2D eigenvalue weighted by molar-refractivity contribution is 0.118. The van der Waals surface area contributed by atoms with Crippen LogP contribution in [0.1, 0.15) is 68.2 Å². The average Bonchev–Trinajstić information content (AvgIpc) is 2.81. The number of nitrogens with zero attached hydrogens (tertiary/aromatic N) is 4. The normalized spacial score (nSPS) is 15.3. The Hall–Kier alpha value is -1.92. The minimum atomic E-state index is -0.187. The van der Waals surface area contributed by atoms with Crippen LogP contribution >= 0.6 is 0 Å². The van der Waals surface area contributed by atoms with Gasteiger partial charge in [0.25, 0.3) is 5.56 Å². The topological polar surface area (TPSA) is 50.5 Å². The van der Waals surface area contributed by atoms with Gasteiger partial charge in [0.1, 0.15) is 0 Å². The predicted molar refractivity (Wildman–Crippen MR) is 154 cm³/mol. The first-order valence-corrected chi connectivity index (χ1v) is 14.2. The van der Waals surface area contributed by atoms with Crippen LogP contribution in [0.25, 0.3) is 10.9 Å². The Morgan fingerprint density at radius 3 is 1.72 bits per heavy atom. The molecule has 0 N–H and O–H groups in total. The Labute approximate surface area is 219 Å². The molecule has 2 heterocycles. The highest BCUT2D eigenvalue weighted by molar-refractivity contribution is 5.77. The molecular weight excluding hydrogens is 448 g/mol. The number of benzene rings is 1. The second-order valence-electron chi connectivity index (χ2n) is 12.2. The van der Waals surface area contributed by atoms with E-state index in [0.29, 0.717) is 30.3 Å². The molecule has 6 nitrogen and oxygen atoms in total. The molecule has 36 heavy (non-hydrogen) atoms. The van der Waals surface area contributed by atoms with Crippen molar-refractivity contribution >= 4 is 10.9 Å². The van der Waals surface area contributed by atoms with Gasteiger partial charge in [-0.25, -0.2) is 4.79 Å². The van der Waals surface area contributed by atoms with Gasteiger partial charge in [0.2, 0.25) is 0 Å². The van der Waals surface area contributed by atoms with Crippen molar-refractivity contribution < 1.29 is 0 Å². The summed E-state index contributed by atoms with van der Waals surface area (Å²) >= 11 is 0. The molecule has 0 unspecified atom stereocenters. The quantitative estimate of drug-likeness (QED) is 0.452. The fourth-order valence-electron chi connectivity index (χ4n) is 4.65. The van der Waals surface area contributed by atoms with Crippen LogP contribution in [0.2, 0.25) is 0 Å². The summed E-state index contributed by atoms with van der Waals surface area (Å²) in [5, 5.41) is 0.626. The van der Waals surface area contributed by atoms with Crippen molar-refractivity contribution in [1.82, 2.24) is 18.9 Å². The Balaban J connectivity index is 0.000000269. The molecule has 0 radical (unpaired) electrons. The minimum absolute atomic E-state index is 0.170. The zero-order valence-corrected chi connectivity index (χ0v) is 24.3. The van der Waals surface area contributed by atoms with E-state index in [1.807, 2.05) is 18.2 Å². The first-order chi connectivity index (χ1) is 17.0. The molecule has 1 saturated heterocycles. The van der Waals surface area contributed by atoms with E-state index in [9.17, 15) is 9.59 Å². The predicted octanol–water partition coefficient (Wildman–Crippen LogP) is 5.17. The summed E-state index contributed by atoms with van der Waals surface area (Å²) in [5.74, 6) is 2.47. The SMILES string of the molecule is CC(C)CCN1CCN(CC(C)C)CC1.CC(C)CCn1c(=O)c2ccccc2n(CC(C)C)c1=O. The molecule has 0 amide bonds. The molecule has 1 aromatic carbocycles. The first kappa shape index (κ1) is 30.3. The fourth-order valence-corrected chi connectivity index (χ4v) is 4.65. The van der Waals surface area contributed by atoms with E-state index >= 15 is 0 Å². The van der Waals surface area contributed by atoms with E-state index in [2.05, 4.69) is 65.2 Å². The smallest absolute Gasteiger partial charge is 0.301 e. The van der Waals surface area contributed by atoms with Crippen LogP contribution in [0.5, 0.6) is 0 Å². The van der Waals surface area contributed by atoms with Crippen molar-refractivity contribution in [1.29, 1.82) is 0 Å². The van der Waals surface area contributed by atoms with Crippen molar-refractivity contribution in [2.24, 2.45) is 23.7 Å². The molecule has 1 aliphatic rings. The molecule has 0 spiro atoms. The molecule has 2 aromatic rings. The standard InChI is InChI=1S/C17H24N2O2.C13H28N2/c1-12(2)9-10-18-16(20)14-7-5-6-8-15(14)19(17(18)21)11-13(3)4;1-12(2)5-6-14-7-9-15(10-8-14)11-13(3)4/h5-8,12-13H,9-11H2,1-4H3;12-13H,5-11H2,1-4H3. The van der Waals surface area contributed by atoms with Gasteiger partial charge in [0.05, 0.1) is 10.9 Å². The van der Waals surface area contributed by atoms with Crippen LogP contribution in [0.4, 0.5) is 0 Å². The van der Waals surface area contributed by atoms with Crippen molar-refractivity contribution in [2.45, 2.75) is 81.3 Å². The summed E-state index contributed by atoms with van der Waals surface area (Å²) in [7, 11) is 0. The summed E-state index contributed by atoms with van der Waals surface area (Å²) in [5.41, 5.74) is 0.381. The van der Waals surface area contributed by atoms with Crippen LogP contribution in [0.15, 0.2) is 33.9 Å². The van der Waals surface area contributed by atoms with Crippen LogP contribution in [-0.2, 0) is 13.1 Å². The van der Waals surface area contributed by atoms with Gasteiger partial charge in [-0.05, 0) is 55.2 Å². The van der Waals surface area contributed by atoms with E-state index in [1.165, 1.54) is 50.3 Å². The highest BCUT2D eigenvalue weighted by atomic mass is 16.2. The maximum atomic E-state index is 12.7. The molecule has 1 aliphatic heterocycles. The van der Waals surface area contributed by atoms with Crippen LogP contribution in [0.3, 0.4) is 0 Å². The Morgan fingerprint density at radius 2 is 1.17 bits per heavy atom. The van der Waals surface area contributed by atoms with Gasteiger partial charge in [-0.1, -0.05) is 67.5 Å². The molecule has 3 rings (SSSR count). The molecule has 1 fully saturated rings. The number of fused-ring (bicyclic) bond motifs is 1. The Bertz CT molecular complexity index is 1030. The monoisotopic (exact) mass is 500 g/mol. The van der Waals surface area contributed by atoms with Gasteiger partial charge >= 0.3 is 5.69 Å². The molecular formula is C30H52N4O2. The summed E-state index contributed by atoms with van der Waals surface area (Å²) in [4.78, 5) is 30.5.